The molecule has 0 fully saturated rings. The molecule has 0 aliphatic rings. The lowest BCUT2D eigenvalue weighted by Gasteiger charge is -2.40. The van der Waals surface area contributed by atoms with Gasteiger partial charge in [0, 0.05) is 0 Å². The van der Waals surface area contributed by atoms with Crippen LogP contribution in [0.15, 0.2) is 0 Å². The van der Waals surface area contributed by atoms with Crippen LogP contribution in [0.1, 0.15) is 206 Å². The van der Waals surface area contributed by atoms with Gasteiger partial charge in [-0.05, 0) is 74.4 Å². The molecule has 0 saturated heterocycles. The highest BCUT2D eigenvalue weighted by Crippen LogP contribution is 2.42. The first-order valence-electron chi connectivity index (χ1n) is 16.8. The Hall–Kier alpha value is 0. The maximum Gasteiger partial charge on any atom is -0.0319 e. The molecule has 0 aliphatic heterocycles. The van der Waals surface area contributed by atoms with Crippen LogP contribution in [-0.4, -0.2) is 0 Å². The monoisotopic (exact) mass is 569 g/mol. The molecule has 0 aromatic carbocycles. The number of hydrogen-bond donors (Lipinski definition) is 0. The van der Waals surface area contributed by atoms with Gasteiger partial charge < -0.3 is 0 Å². The van der Waals surface area contributed by atoms with Gasteiger partial charge in [-0.3, -0.25) is 0 Å². The van der Waals surface area contributed by atoms with Crippen LogP contribution in [0, 0.1) is 55.2 Å². The van der Waals surface area contributed by atoms with Gasteiger partial charge in [0.2, 0.25) is 0 Å². The fraction of sp³-hybridized carbons (Fsp3) is 1.00. The van der Waals surface area contributed by atoms with Gasteiger partial charge >= 0.3 is 0 Å². The Kier molecular flexibility index (Phi) is 19.6. The van der Waals surface area contributed by atoms with E-state index in [0.29, 0.717) is 43.3 Å². The van der Waals surface area contributed by atoms with E-state index in [-0.39, 0.29) is 0 Å². The molecule has 0 nitrogen and oxygen atoms in total. The largest absolute Gasteiger partial charge is 0.0651 e. The molecule has 0 spiro atoms. The van der Waals surface area contributed by atoms with Crippen molar-refractivity contribution in [2.45, 2.75) is 206 Å². The minimum atomic E-state index is 0.443. The van der Waals surface area contributed by atoms with Crippen molar-refractivity contribution in [2.24, 2.45) is 55.2 Å². The summed E-state index contributed by atoms with van der Waals surface area (Å²) in [6.07, 6.45) is 5.24. The topological polar surface area (TPSA) is 0 Å². The average molecular weight is 569 g/mol. The molecule has 248 valence electrons. The molecular formula is C40H88. The predicted octanol–water partition coefficient (Wildman–Crippen LogP) is 15.1. The second-order valence-corrected chi connectivity index (χ2v) is 22.1. The van der Waals surface area contributed by atoms with Gasteiger partial charge in [-0.25, -0.2) is 0 Å². The molecule has 0 aromatic heterocycles. The van der Waals surface area contributed by atoms with Gasteiger partial charge in [-0.15, -0.1) is 0 Å². The molecule has 0 unspecified atom stereocenters. The third-order valence-electron chi connectivity index (χ3n) is 7.78. The van der Waals surface area contributed by atoms with E-state index in [1.165, 1.54) is 25.7 Å². The van der Waals surface area contributed by atoms with Crippen molar-refractivity contribution in [3.05, 3.63) is 0 Å². The van der Waals surface area contributed by atoms with Gasteiger partial charge in [0.25, 0.3) is 0 Å². The zero-order valence-electron chi connectivity index (χ0n) is 34.0. The Labute approximate surface area is 260 Å². The molecular weight excluding hydrogens is 480 g/mol. The molecule has 0 radical (unpaired) electrons. The lowest BCUT2D eigenvalue weighted by atomic mass is 9.65. The molecule has 0 heteroatoms. The summed E-state index contributed by atoms with van der Waals surface area (Å²) in [5.74, 6) is 1.58. The quantitative estimate of drug-likeness (QED) is 0.311. The van der Waals surface area contributed by atoms with Gasteiger partial charge in [-0.1, -0.05) is 186 Å². The van der Waals surface area contributed by atoms with Crippen molar-refractivity contribution in [1.82, 2.24) is 0 Å². The summed E-state index contributed by atoms with van der Waals surface area (Å²) in [5.41, 5.74) is 3.77. The van der Waals surface area contributed by atoms with Crippen LogP contribution >= 0.6 is 0 Å². The van der Waals surface area contributed by atoms with Crippen molar-refractivity contribution < 1.29 is 0 Å². The molecule has 0 aliphatic carbocycles. The lowest BCUT2D eigenvalue weighted by molar-refractivity contribution is 0.0980. The summed E-state index contributed by atoms with van der Waals surface area (Å²) in [4.78, 5) is 0. The first-order valence-corrected chi connectivity index (χ1v) is 16.8. The van der Waals surface area contributed by atoms with E-state index in [9.17, 15) is 0 Å². The zero-order chi connectivity index (χ0) is 34.0. The smallest absolute Gasteiger partial charge is 0.0319 e. The second-order valence-electron chi connectivity index (χ2n) is 22.1. The Morgan fingerprint density at radius 3 is 0.600 bits per heavy atom. The summed E-state index contributed by atoms with van der Waals surface area (Å²) in [6.45, 7) is 60.1. The van der Waals surface area contributed by atoms with Gasteiger partial charge in [0.1, 0.15) is 0 Å². The van der Waals surface area contributed by atoms with E-state index in [2.05, 4.69) is 180 Å². The highest BCUT2D eigenvalue weighted by molar-refractivity contribution is 4.82. The predicted molar refractivity (Wildman–Crippen MR) is 192 cm³/mol. The lowest BCUT2D eigenvalue weighted by Crippen LogP contribution is -2.31. The standard InChI is InChI=1S/C11H24.2C10H22.C9H20/c1-8-9(10(2,3)4)11(5,6)7;1-9(2,3)7-8-10(4,5)6;1-8(9(2,3)4)10(5,6)7;1-8(2,3)7-9(4,5)6/h9H,8H2,1-7H3;7-8H2,1-6H3;8H,1-7H3;7H2,1-6H3. The van der Waals surface area contributed by atoms with Crippen molar-refractivity contribution in [1.29, 1.82) is 0 Å². The van der Waals surface area contributed by atoms with Crippen LogP contribution in [0.3, 0.4) is 0 Å². The summed E-state index contributed by atoms with van der Waals surface area (Å²) >= 11 is 0. The molecule has 0 rings (SSSR count). The molecule has 40 heavy (non-hydrogen) atoms. The Morgan fingerprint density at radius 2 is 0.575 bits per heavy atom. The minimum absolute atomic E-state index is 0.443. The molecule has 0 bridgehead atoms. The van der Waals surface area contributed by atoms with E-state index in [4.69, 9.17) is 0 Å². The average Bonchev–Trinajstić information content (AvgIpc) is 2.53. The van der Waals surface area contributed by atoms with E-state index in [1.807, 2.05) is 0 Å². The van der Waals surface area contributed by atoms with Crippen LogP contribution in [-0.2, 0) is 0 Å². The Balaban J connectivity index is -0.000000217. The molecule has 0 aromatic rings. The number of rotatable bonds is 2. The summed E-state index contributed by atoms with van der Waals surface area (Å²) in [7, 11) is 0. The van der Waals surface area contributed by atoms with Crippen LogP contribution in [0.25, 0.3) is 0 Å². The van der Waals surface area contributed by atoms with Crippen LogP contribution in [0.2, 0.25) is 0 Å². The van der Waals surface area contributed by atoms with Gasteiger partial charge in [0.15, 0.2) is 0 Å². The van der Waals surface area contributed by atoms with E-state index in [1.54, 1.807) is 0 Å². The summed E-state index contributed by atoms with van der Waals surface area (Å²) in [6, 6.07) is 0. The van der Waals surface area contributed by atoms with Crippen molar-refractivity contribution in [3.63, 3.8) is 0 Å². The summed E-state index contributed by atoms with van der Waals surface area (Å²) < 4.78 is 0. The first-order chi connectivity index (χ1) is 16.8. The first kappa shape index (κ1) is 46.9. The van der Waals surface area contributed by atoms with E-state index in [0.717, 1.165) is 11.8 Å². The van der Waals surface area contributed by atoms with E-state index >= 15 is 0 Å². The van der Waals surface area contributed by atoms with Crippen molar-refractivity contribution in [3.8, 4) is 0 Å². The van der Waals surface area contributed by atoms with E-state index < -0.39 is 0 Å². The Bertz CT molecular complexity index is 549. The van der Waals surface area contributed by atoms with Crippen LogP contribution in [0.4, 0.5) is 0 Å². The molecule has 0 heterocycles. The third kappa shape index (κ3) is 34.2. The molecule has 0 amide bonds. The third-order valence-corrected chi connectivity index (χ3v) is 7.78. The highest BCUT2D eigenvalue weighted by atomic mass is 14.4. The molecule has 0 N–H and O–H groups in total. The second kappa shape index (κ2) is 16.7. The highest BCUT2D eigenvalue weighted by Gasteiger charge is 2.33. The molecule has 0 atom stereocenters. The fourth-order valence-corrected chi connectivity index (χ4v) is 6.16. The number of hydrogen-bond acceptors (Lipinski definition) is 0. The maximum absolute atomic E-state index is 2.34. The zero-order valence-corrected chi connectivity index (χ0v) is 34.0. The van der Waals surface area contributed by atoms with Gasteiger partial charge in [0.05, 0.1) is 0 Å². The normalized spacial score (nSPS) is 14.1. The van der Waals surface area contributed by atoms with Crippen molar-refractivity contribution in [2.75, 3.05) is 0 Å². The fourth-order valence-electron chi connectivity index (χ4n) is 6.16. The van der Waals surface area contributed by atoms with Crippen LogP contribution in [0.5, 0.6) is 0 Å². The Morgan fingerprint density at radius 1 is 0.350 bits per heavy atom. The maximum atomic E-state index is 2.34. The van der Waals surface area contributed by atoms with Crippen molar-refractivity contribution >= 4 is 0 Å². The molecule has 0 saturated carbocycles. The van der Waals surface area contributed by atoms with Crippen LogP contribution < -0.4 is 0 Å². The van der Waals surface area contributed by atoms with Gasteiger partial charge in [-0.2, -0.15) is 0 Å². The SMILES string of the molecule is CC(C(C)(C)C)C(C)(C)C.CC(C)(C)CC(C)(C)C.CC(C)(C)CCC(C)(C)C.CCC(C(C)(C)C)C(C)(C)C. The minimum Gasteiger partial charge on any atom is -0.0651 e. The summed E-state index contributed by atoms with van der Waals surface area (Å²) in [5, 5.41) is 0.